The Morgan fingerprint density at radius 1 is 0.775 bits per heavy atom. The second kappa shape index (κ2) is 28.7. The average Bonchev–Trinajstić information content (AvgIpc) is 2.72. The number of carboxylic acid groups (broad SMARTS) is 1. The van der Waals surface area contributed by atoms with Crippen LogP contribution in [0.1, 0.15) is 57.8 Å². The van der Waals surface area contributed by atoms with Gasteiger partial charge >= 0.3 is 36.8 Å². The summed E-state index contributed by atoms with van der Waals surface area (Å²) in [6.07, 6.45) is 9.15. The second-order valence-electron chi connectivity index (χ2n) is 8.37. The minimum Gasteiger partial charge on any atom is -0.870 e. The van der Waals surface area contributed by atoms with Gasteiger partial charge in [0.15, 0.2) is 0 Å². The fourth-order valence-corrected chi connectivity index (χ4v) is 2.96. The molecule has 0 spiro atoms. The number of rotatable bonds is 8. The molecule has 0 aromatic rings. The predicted molar refractivity (Wildman–Crippen MR) is 145 cm³/mol. The summed E-state index contributed by atoms with van der Waals surface area (Å²) in [7, 11) is 2.60. The first kappa shape index (κ1) is 47.9. The van der Waals surface area contributed by atoms with Crippen molar-refractivity contribution in [1.29, 1.82) is 0 Å². The van der Waals surface area contributed by atoms with E-state index in [2.05, 4.69) is 20.1 Å². The molecule has 3 radical (unpaired) electrons. The van der Waals surface area contributed by atoms with E-state index < -0.39 is 11.9 Å². The Morgan fingerprint density at radius 2 is 1.12 bits per heavy atom. The monoisotopic (exact) mass is 606 g/mol. The van der Waals surface area contributed by atoms with E-state index in [4.69, 9.17) is 22.4 Å². The van der Waals surface area contributed by atoms with E-state index in [0.717, 1.165) is 51.4 Å². The smallest absolute Gasteiger partial charge is 0.870 e. The van der Waals surface area contributed by atoms with Crippen molar-refractivity contribution in [2.75, 3.05) is 33.9 Å². The third-order valence-electron chi connectivity index (χ3n) is 5.82. The maximum atomic E-state index is 11.1. The zero-order valence-electron chi connectivity index (χ0n) is 23.3. The van der Waals surface area contributed by atoms with E-state index in [1.165, 1.54) is 20.6 Å². The van der Waals surface area contributed by atoms with Crippen LogP contribution < -0.4 is 35.2 Å². The van der Waals surface area contributed by atoms with E-state index in [9.17, 15) is 28.8 Å². The average molecular weight is 607 g/mol. The normalized spacial score (nSPS) is 14.5. The maximum absolute atomic E-state index is 11.1. The quantitative estimate of drug-likeness (QED) is 0.129. The number of aliphatic carboxylic acids is 1. The molecule has 0 saturated heterocycles. The van der Waals surface area contributed by atoms with Crippen molar-refractivity contribution >= 4 is 67.4 Å². The Hall–Kier alpha value is -1.82. The van der Waals surface area contributed by atoms with Crippen LogP contribution in [0.5, 0.6) is 0 Å². The number of carbonyl (C=O) groups excluding carboxylic acids is 5. The van der Waals surface area contributed by atoms with Crippen molar-refractivity contribution in [2.24, 2.45) is 23.5 Å². The molecule has 0 bridgehead atoms. The van der Waals surface area contributed by atoms with Gasteiger partial charge in [-0.1, -0.05) is 19.3 Å². The molecular formula is C23H40BCl2LiN3O10. The van der Waals surface area contributed by atoms with Gasteiger partial charge in [0.05, 0.1) is 20.8 Å². The number of nitrogens with two attached hydrogens (primary N) is 1. The summed E-state index contributed by atoms with van der Waals surface area (Å²) in [5.74, 6) is -1.48. The summed E-state index contributed by atoms with van der Waals surface area (Å²) < 4.78 is 8.51. The fraction of sp³-hybridized carbons (Fsp3) is 0.739. The van der Waals surface area contributed by atoms with E-state index in [0.29, 0.717) is 0 Å². The molecule has 3 aliphatic carbocycles. The molecule has 0 atom stereocenters. The van der Waals surface area contributed by atoms with Gasteiger partial charge in [0.1, 0.15) is 13.1 Å². The van der Waals surface area contributed by atoms with Crippen LogP contribution >= 0.6 is 24.0 Å². The van der Waals surface area contributed by atoms with Gasteiger partial charge in [-0.25, -0.2) is 0 Å². The van der Waals surface area contributed by atoms with Crippen LogP contribution in [-0.2, 0) is 38.2 Å². The first-order chi connectivity index (χ1) is 17.0. The Balaban J connectivity index is -0.000000136. The largest absolute Gasteiger partial charge is 1.00 e. The predicted octanol–water partition coefficient (Wildman–Crippen LogP) is -2.40. The molecule has 40 heavy (non-hydrogen) atoms. The van der Waals surface area contributed by atoms with Gasteiger partial charge in [-0.05, 0) is 50.1 Å². The SMILES string of the molecule is COC(=O)CN.COC(=O)CNC(=O)C1CCC1.Cl.O=C(Cl)C1CCC1.O=C(O)CNC(=O)C1CCC1.[B].[Li+].[OH-]. The van der Waals surface area contributed by atoms with Gasteiger partial charge in [-0.2, -0.15) is 0 Å². The van der Waals surface area contributed by atoms with Gasteiger partial charge in [0.2, 0.25) is 17.1 Å². The fourth-order valence-electron chi connectivity index (χ4n) is 2.74. The molecule has 3 rings (SSSR count). The van der Waals surface area contributed by atoms with E-state index in [1.54, 1.807) is 0 Å². The Kier molecular flexibility index (Phi) is 34.4. The van der Waals surface area contributed by atoms with Crippen LogP contribution in [0.15, 0.2) is 0 Å². The van der Waals surface area contributed by atoms with Crippen molar-refractivity contribution in [3.05, 3.63) is 0 Å². The van der Waals surface area contributed by atoms with Gasteiger partial charge in [-0.3, -0.25) is 28.8 Å². The molecule has 0 heterocycles. The van der Waals surface area contributed by atoms with Crippen molar-refractivity contribution in [1.82, 2.24) is 10.6 Å². The Morgan fingerprint density at radius 3 is 1.30 bits per heavy atom. The van der Waals surface area contributed by atoms with Crippen LogP contribution in [0.2, 0.25) is 0 Å². The molecule has 2 amide bonds. The summed E-state index contributed by atoms with van der Waals surface area (Å²) in [6.45, 7) is -0.294. The number of hydrogen-bond donors (Lipinski definition) is 4. The zero-order valence-corrected chi connectivity index (χ0v) is 24.9. The standard InChI is InChI=1S/C8H13NO3.C7H11NO3.C5H7ClO.C3H7NO2.B.ClH.Li.H2O/c1-12-7(10)5-9-8(11)6-3-2-4-6;9-6(10)4-8-7(11)5-2-1-3-5;6-5(7)4-2-1-3-4;1-6-3(5)2-4;;;;/h6H,2-5H2,1H3,(H,9,11);5H,1-4H2,(H,8,11)(H,9,10);4H,1-3H2;2,4H2,1H3;;1H;;1H2/q;;;;;;+1;/p-1. The van der Waals surface area contributed by atoms with Crippen molar-refractivity contribution < 1.29 is 67.7 Å². The number of carbonyl (C=O) groups is 6. The molecule has 3 fully saturated rings. The molecular weight excluding hydrogens is 567 g/mol. The Bertz CT molecular complexity index is 750. The molecule has 6 N–H and O–H groups in total. The topological polar surface area (TPSA) is 221 Å². The third kappa shape index (κ3) is 22.9. The molecule has 17 heteroatoms. The number of halogens is 2. The van der Waals surface area contributed by atoms with Gasteiger partial charge in [-0.15, -0.1) is 12.4 Å². The summed E-state index contributed by atoms with van der Waals surface area (Å²) in [5.41, 5.74) is 4.81. The molecule has 3 saturated carbocycles. The number of nitrogens with one attached hydrogen (secondary N) is 2. The van der Waals surface area contributed by atoms with E-state index >= 15 is 0 Å². The number of methoxy groups -OCH3 is 2. The van der Waals surface area contributed by atoms with Crippen LogP contribution in [0.4, 0.5) is 0 Å². The summed E-state index contributed by atoms with van der Waals surface area (Å²) in [5, 5.41) is 12.9. The van der Waals surface area contributed by atoms with E-state index in [-0.39, 0.29) is 106 Å². The number of esters is 2. The minimum atomic E-state index is -0.988. The number of hydrogen-bond acceptors (Lipinski definition) is 10. The first-order valence-corrected chi connectivity index (χ1v) is 12.2. The summed E-state index contributed by atoms with van der Waals surface area (Å²) in [6, 6.07) is 0. The van der Waals surface area contributed by atoms with Gasteiger partial charge < -0.3 is 36.4 Å². The molecule has 225 valence electrons. The van der Waals surface area contributed by atoms with Crippen LogP contribution in [0, 0.1) is 17.8 Å². The van der Waals surface area contributed by atoms with Crippen LogP contribution in [0.25, 0.3) is 0 Å². The van der Waals surface area contributed by atoms with Crippen molar-refractivity contribution in [3.63, 3.8) is 0 Å². The van der Waals surface area contributed by atoms with Crippen LogP contribution in [0.3, 0.4) is 0 Å². The number of carboxylic acids is 1. The first-order valence-electron chi connectivity index (χ1n) is 11.9. The number of ether oxygens (including phenoxy) is 2. The number of amides is 2. The second-order valence-corrected chi connectivity index (χ2v) is 8.75. The van der Waals surface area contributed by atoms with Gasteiger partial charge in [0, 0.05) is 26.2 Å². The van der Waals surface area contributed by atoms with Crippen molar-refractivity contribution in [3.8, 4) is 0 Å². The summed E-state index contributed by atoms with van der Waals surface area (Å²) in [4.78, 5) is 62.7. The Labute approximate surface area is 260 Å². The zero-order chi connectivity index (χ0) is 27.5. The van der Waals surface area contributed by atoms with Crippen molar-refractivity contribution in [2.45, 2.75) is 57.8 Å². The van der Waals surface area contributed by atoms with Crippen LogP contribution in [-0.4, -0.2) is 87.8 Å². The molecule has 3 aliphatic rings. The van der Waals surface area contributed by atoms with E-state index in [1.807, 2.05) is 0 Å². The molecule has 13 nitrogen and oxygen atoms in total. The maximum Gasteiger partial charge on any atom is 1.00 e. The minimum absolute atomic E-state index is 0. The van der Waals surface area contributed by atoms with Gasteiger partial charge in [0.25, 0.3) is 0 Å². The molecule has 0 aliphatic heterocycles. The third-order valence-corrected chi connectivity index (χ3v) is 6.13. The summed E-state index contributed by atoms with van der Waals surface area (Å²) >= 11 is 5.14. The molecule has 0 aromatic carbocycles. The molecule has 0 aromatic heterocycles. The molecule has 0 unspecified atom stereocenters.